The molecule has 0 aliphatic heterocycles. The fourth-order valence-electron chi connectivity index (χ4n) is 2.41. The molecule has 0 aliphatic carbocycles. The topological polar surface area (TPSA) is 44.5 Å². The molecule has 0 saturated carbocycles. The Kier molecular flexibility index (Phi) is 8.34. The number of hydrogen-bond acceptors (Lipinski definition) is 3. The Balaban J connectivity index is 0.000000260. The van der Waals surface area contributed by atoms with E-state index in [2.05, 4.69) is 15.9 Å². The van der Waals surface area contributed by atoms with Crippen LogP contribution < -0.4 is 15.2 Å². The lowest BCUT2D eigenvalue weighted by Crippen LogP contribution is -2.00. The molecule has 3 nitrogen and oxygen atoms in total. The zero-order valence-corrected chi connectivity index (χ0v) is 17.6. The summed E-state index contributed by atoms with van der Waals surface area (Å²) in [5.74, 6) is 0.856. The fourth-order valence-corrected chi connectivity index (χ4v) is 3.26. The summed E-state index contributed by atoms with van der Waals surface area (Å²) in [6.45, 7) is 7.95. The molecule has 144 valence electrons. The molecule has 2 N–H and O–H groups in total. The molecule has 0 amide bonds. The van der Waals surface area contributed by atoms with E-state index < -0.39 is 0 Å². The van der Waals surface area contributed by atoms with Gasteiger partial charge in [-0.3, -0.25) is 0 Å². The zero-order chi connectivity index (χ0) is 20.0. The third-order valence-electron chi connectivity index (χ3n) is 3.85. The summed E-state index contributed by atoms with van der Waals surface area (Å²) < 4.78 is 36.9. The first kappa shape index (κ1) is 22.2. The maximum absolute atomic E-state index is 13.1. The van der Waals surface area contributed by atoms with E-state index in [1.54, 1.807) is 0 Å². The van der Waals surface area contributed by atoms with Gasteiger partial charge in [-0.1, -0.05) is 27.7 Å². The van der Waals surface area contributed by atoms with Gasteiger partial charge in [0.05, 0.1) is 24.4 Å². The van der Waals surface area contributed by atoms with E-state index >= 15 is 0 Å². The Hall–Kier alpha value is -1.82. The number of hydrogen-bond donors (Lipinski definition) is 1. The van der Waals surface area contributed by atoms with Crippen LogP contribution in [0.1, 0.15) is 50.7 Å². The Bertz CT molecular complexity index is 686. The average molecular weight is 430 g/mol. The van der Waals surface area contributed by atoms with Gasteiger partial charge in [0.1, 0.15) is 23.1 Å². The standard InChI is InChI=1S/C10H12BrFO.C10H14FNO/c1-6(2)8-4-7(12)5-9(13-3)10(8)11;1-6(2)8-4-7(11)5-9(13-3)10(8)12/h4-6H,1-3H3;4-6H,12H2,1-3H3. The summed E-state index contributed by atoms with van der Waals surface area (Å²) in [5.41, 5.74) is 8.02. The van der Waals surface area contributed by atoms with Gasteiger partial charge in [0.2, 0.25) is 0 Å². The van der Waals surface area contributed by atoms with E-state index in [4.69, 9.17) is 15.2 Å². The second-order valence-electron chi connectivity index (χ2n) is 6.43. The molecular formula is C20H26BrF2NO2. The maximum atomic E-state index is 13.1. The highest BCUT2D eigenvalue weighted by atomic mass is 79.9. The molecule has 26 heavy (non-hydrogen) atoms. The molecule has 0 unspecified atom stereocenters. The van der Waals surface area contributed by atoms with E-state index in [-0.39, 0.29) is 23.5 Å². The number of nitrogen functional groups attached to an aromatic ring is 1. The largest absolute Gasteiger partial charge is 0.495 e. The normalized spacial score (nSPS) is 10.6. The Morgan fingerprint density at radius 2 is 1.23 bits per heavy atom. The molecule has 0 radical (unpaired) electrons. The summed E-state index contributed by atoms with van der Waals surface area (Å²) in [7, 11) is 3.01. The third-order valence-corrected chi connectivity index (χ3v) is 4.70. The SMILES string of the molecule is COc1cc(F)cc(C(C)C)c1Br.COc1cc(F)cc(C(C)C)c1N. The highest BCUT2D eigenvalue weighted by Crippen LogP contribution is 2.34. The van der Waals surface area contributed by atoms with Gasteiger partial charge in [0, 0.05) is 12.1 Å². The Morgan fingerprint density at radius 1 is 0.808 bits per heavy atom. The molecule has 0 aliphatic rings. The van der Waals surface area contributed by atoms with Crippen LogP contribution in [0.25, 0.3) is 0 Å². The van der Waals surface area contributed by atoms with E-state index in [0.717, 1.165) is 15.6 Å². The summed E-state index contributed by atoms with van der Waals surface area (Å²) in [6, 6.07) is 5.64. The van der Waals surface area contributed by atoms with Crippen molar-refractivity contribution in [1.82, 2.24) is 0 Å². The smallest absolute Gasteiger partial charge is 0.144 e. The molecule has 0 spiro atoms. The van der Waals surface area contributed by atoms with E-state index in [1.165, 1.54) is 38.5 Å². The number of benzene rings is 2. The van der Waals surface area contributed by atoms with Crippen LogP contribution in [0.3, 0.4) is 0 Å². The molecule has 2 rings (SSSR count). The molecule has 2 aromatic rings. The monoisotopic (exact) mass is 429 g/mol. The molecular weight excluding hydrogens is 404 g/mol. The summed E-state index contributed by atoms with van der Waals surface area (Å²) in [4.78, 5) is 0. The van der Waals surface area contributed by atoms with Crippen LogP contribution in [0.5, 0.6) is 11.5 Å². The minimum Gasteiger partial charge on any atom is -0.495 e. The van der Waals surface area contributed by atoms with Gasteiger partial charge >= 0.3 is 0 Å². The lowest BCUT2D eigenvalue weighted by molar-refractivity contribution is 0.407. The number of methoxy groups -OCH3 is 2. The van der Waals surface area contributed by atoms with Crippen molar-refractivity contribution in [3.8, 4) is 11.5 Å². The molecule has 6 heteroatoms. The minimum atomic E-state index is -0.310. The van der Waals surface area contributed by atoms with Crippen molar-refractivity contribution in [2.75, 3.05) is 20.0 Å². The van der Waals surface area contributed by atoms with Crippen LogP contribution in [0.2, 0.25) is 0 Å². The van der Waals surface area contributed by atoms with Gasteiger partial charge in [0.15, 0.2) is 0 Å². The van der Waals surface area contributed by atoms with Crippen LogP contribution >= 0.6 is 15.9 Å². The van der Waals surface area contributed by atoms with E-state index in [0.29, 0.717) is 17.2 Å². The van der Waals surface area contributed by atoms with Gasteiger partial charge in [0.25, 0.3) is 0 Å². The van der Waals surface area contributed by atoms with Gasteiger partial charge in [-0.2, -0.15) is 0 Å². The number of halogens is 3. The lowest BCUT2D eigenvalue weighted by atomic mass is 10.0. The predicted octanol–water partition coefficient (Wildman–Crippen LogP) is 6.26. The van der Waals surface area contributed by atoms with Crippen LogP contribution in [-0.4, -0.2) is 14.2 Å². The number of anilines is 1. The van der Waals surface area contributed by atoms with Crippen molar-refractivity contribution in [3.05, 3.63) is 51.5 Å². The lowest BCUT2D eigenvalue weighted by Gasteiger charge is -2.12. The van der Waals surface area contributed by atoms with Crippen molar-refractivity contribution in [2.24, 2.45) is 0 Å². The first-order chi connectivity index (χ1) is 12.1. The van der Waals surface area contributed by atoms with Crippen LogP contribution in [0.15, 0.2) is 28.7 Å². The van der Waals surface area contributed by atoms with Gasteiger partial charge < -0.3 is 15.2 Å². The summed E-state index contributed by atoms with van der Waals surface area (Å²) in [6.07, 6.45) is 0. The fraction of sp³-hybridized carbons (Fsp3) is 0.400. The first-order valence-electron chi connectivity index (χ1n) is 8.28. The highest BCUT2D eigenvalue weighted by Gasteiger charge is 2.12. The second kappa shape index (κ2) is 9.76. The van der Waals surface area contributed by atoms with Gasteiger partial charge in [-0.15, -0.1) is 0 Å². The zero-order valence-electron chi connectivity index (χ0n) is 16.0. The molecule has 0 saturated heterocycles. The molecule has 2 aromatic carbocycles. The second-order valence-corrected chi connectivity index (χ2v) is 7.22. The van der Waals surface area contributed by atoms with Crippen molar-refractivity contribution in [1.29, 1.82) is 0 Å². The predicted molar refractivity (Wildman–Crippen MR) is 106 cm³/mol. The highest BCUT2D eigenvalue weighted by molar-refractivity contribution is 9.10. The molecule has 0 aromatic heterocycles. The maximum Gasteiger partial charge on any atom is 0.144 e. The van der Waals surface area contributed by atoms with Gasteiger partial charge in [-0.25, -0.2) is 8.78 Å². The van der Waals surface area contributed by atoms with Crippen LogP contribution in [0, 0.1) is 11.6 Å². The summed E-state index contributed by atoms with van der Waals surface area (Å²) in [5, 5.41) is 0. The third kappa shape index (κ3) is 5.59. The Labute approximate surface area is 162 Å². The minimum absolute atomic E-state index is 0.199. The first-order valence-corrected chi connectivity index (χ1v) is 9.07. The molecule has 0 bridgehead atoms. The van der Waals surface area contributed by atoms with Gasteiger partial charge in [-0.05, 0) is 51.0 Å². The van der Waals surface area contributed by atoms with E-state index in [1.807, 2.05) is 27.7 Å². The number of nitrogens with two attached hydrogens (primary N) is 1. The van der Waals surface area contributed by atoms with Crippen molar-refractivity contribution in [2.45, 2.75) is 39.5 Å². The van der Waals surface area contributed by atoms with Crippen LogP contribution in [0.4, 0.5) is 14.5 Å². The van der Waals surface area contributed by atoms with Crippen molar-refractivity contribution >= 4 is 21.6 Å². The van der Waals surface area contributed by atoms with Crippen molar-refractivity contribution in [3.63, 3.8) is 0 Å². The molecule has 0 heterocycles. The van der Waals surface area contributed by atoms with Crippen LogP contribution in [-0.2, 0) is 0 Å². The molecule has 0 fully saturated rings. The number of ether oxygens (including phenoxy) is 2. The quantitative estimate of drug-likeness (QED) is 0.583. The average Bonchev–Trinajstić information content (AvgIpc) is 2.58. The number of rotatable bonds is 4. The Morgan fingerprint density at radius 3 is 1.65 bits per heavy atom. The molecule has 0 atom stereocenters. The van der Waals surface area contributed by atoms with Crippen molar-refractivity contribution < 1.29 is 18.3 Å². The summed E-state index contributed by atoms with van der Waals surface area (Å²) >= 11 is 3.38. The van der Waals surface area contributed by atoms with E-state index in [9.17, 15) is 8.78 Å².